The van der Waals surface area contributed by atoms with Crippen molar-refractivity contribution in [1.29, 1.82) is 0 Å². The topological polar surface area (TPSA) is 109 Å². The SMILES string of the molecule is C\C=C/C=C\C=N\Cc1ccc(C(=O)Nc2sc(Nc3ccc4ccccc4c3)nc2C(N)=O)cc1. The third-order valence-corrected chi connectivity index (χ3v) is 6.07. The van der Waals surface area contributed by atoms with Crippen molar-refractivity contribution >= 4 is 56.0 Å². The Labute approximate surface area is 213 Å². The maximum atomic E-state index is 12.8. The maximum absolute atomic E-state index is 12.8. The molecule has 0 atom stereocenters. The van der Waals surface area contributed by atoms with Gasteiger partial charge in [-0.15, -0.1) is 0 Å². The zero-order valence-corrected chi connectivity index (χ0v) is 20.5. The van der Waals surface area contributed by atoms with E-state index in [4.69, 9.17) is 5.73 Å². The van der Waals surface area contributed by atoms with Gasteiger partial charge in [0.15, 0.2) is 10.8 Å². The lowest BCUT2D eigenvalue weighted by Crippen LogP contribution is -2.17. The van der Waals surface area contributed by atoms with E-state index in [1.54, 1.807) is 18.3 Å². The first-order chi connectivity index (χ1) is 17.5. The molecular weight excluding hydrogens is 470 g/mol. The number of nitrogens with zero attached hydrogens (tertiary/aromatic N) is 2. The first-order valence-electron chi connectivity index (χ1n) is 11.3. The number of allylic oxidation sites excluding steroid dienone is 4. The van der Waals surface area contributed by atoms with Crippen LogP contribution in [0.3, 0.4) is 0 Å². The zero-order chi connectivity index (χ0) is 25.3. The Balaban J connectivity index is 1.44. The van der Waals surface area contributed by atoms with E-state index in [0.717, 1.165) is 33.4 Å². The van der Waals surface area contributed by atoms with Crippen molar-refractivity contribution in [2.75, 3.05) is 10.6 Å². The molecular formula is C28H25N5O2S. The molecule has 180 valence electrons. The second kappa shape index (κ2) is 11.7. The molecule has 0 radical (unpaired) electrons. The number of rotatable bonds is 9. The molecule has 4 rings (SSSR count). The fourth-order valence-corrected chi connectivity index (χ4v) is 4.28. The number of aromatic nitrogens is 1. The van der Waals surface area contributed by atoms with Crippen LogP contribution >= 0.6 is 11.3 Å². The highest BCUT2D eigenvalue weighted by Gasteiger charge is 2.19. The second-order valence-electron chi connectivity index (χ2n) is 7.80. The van der Waals surface area contributed by atoms with Crippen LogP contribution in [0.15, 0.2) is 96.0 Å². The van der Waals surface area contributed by atoms with E-state index in [0.29, 0.717) is 17.2 Å². The Morgan fingerprint density at radius 3 is 2.53 bits per heavy atom. The molecule has 1 heterocycles. The summed E-state index contributed by atoms with van der Waals surface area (Å²) in [6.45, 7) is 2.46. The molecule has 7 nitrogen and oxygen atoms in total. The van der Waals surface area contributed by atoms with Crippen LogP contribution in [0.5, 0.6) is 0 Å². The Kier molecular flexibility index (Phi) is 8.00. The van der Waals surface area contributed by atoms with E-state index in [9.17, 15) is 9.59 Å². The van der Waals surface area contributed by atoms with Gasteiger partial charge in [-0.2, -0.15) is 0 Å². The van der Waals surface area contributed by atoms with Crippen molar-refractivity contribution in [3.8, 4) is 0 Å². The van der Waals surface area contributed by atoms with Gasteiger partial charge in [0.2, 0.25) is 0 Å². The molecule has 0 bridgehead atoms. The average Bonchev–Trinajstić information content (AvgIpc) is 3.28. The molecule has 8 heteroatoms. The maximum Gasteiger partial charge on any atom is 0.270 e. The number of thiazole rings is 1. The highest BCUT2D eigenvalue weighted by molar-refractivity contribution is 7.20. The smallest absolute Gasteiger partial charge is 0.270 e. The van der Waals surface area contributed by atoms with Gasteiger partial charge >= 0.3 is 0 Å². The van der Waals surface area contributed by atoms with Gasteiger partial charge in [0.05, 0.1) is 6.54 Å². The summed E-state index contributed by atoms with van der Waals surface area (Å²) in [7, 11) is 0. The molecule has 0 aliphatic rings. The molecule has 0 aliphatic heterocycles. The average molecular weight is 496 g/mol. The van der Waals surface area contributed by atoms with Gasteiger partial charge in [-0.25, -0.2) is 4.98 Å². The Hall–Kier alpha value is -4.56. The minimum Gasteiger partial charge on any atom is -0.364 e. The van der Waals surface area contributed by atoms with Crippen LogP contribution in [-0.4, -0.2) is 23.0 Å². The number of fused-ring (bicyclic) bond motifs is 1. The standard InChI is InChI=1S/C28H25N5O2S/c1-2-3-4-7-16-30-18-19-10-12-21(13-11-19)26(35)33-27-24(25(29)34)32-28(36-27)31-23-15-14-20-8-5-6-9-22(20)17-23/h2-17H,18H2,1H3,(H2,29,34)(H,31,32)(H,33,35)/b3-2-,7-4-,30-16+. The summed E-state index contributed by atoms with van der Waals surface area (Å²) in [4.78, 5) is 33.4. The fourth-order valence-electron chi connectivity index (χ4n) is 3.40. The molecule has 0 aliphatic carbocycles. The van der Waals surface area contributed by atoms with Gasteiger partial charge in [0, 0.05) is 17.5 Å². The van der Waals surface area contributed by atoms with Crippen LogP contribution < -0.4 is 16.4 Å². The van der Waals surface area contributed by atoms with Gasteiger partial charge in [-0.1, -0.05) is 72.0 Å². The predicted octanol–water partition coefficient (Wildman–Crippen LogP) is 6.09. The van der Waals surface area contributed by atoms with Crippen molar-refractivity contribution < 1.29 is 9.59 Å². The number of primary amides is 1. The number of nitrogens with two attached hydrogens (primary N) is 1. The van der Waals surface area contributed by atoms with Crippen LogP contribution in [0.4, 0.5) is 15.8 Å². The lowest BCUT2D eigenvalue weighted by atomic mass is 10.1. The van der Waals surface area contributed by atoms with Crippen molar-refractivity contribution in [3.63, 3.8) is 0 Å². The number of benzene rings is 3. The number of carbonyl (C=O) groups excluding carboxylic acids is 2. The van der Waals surface area contributed by atoms with Crippen LogP contribution in [0.1, 0.15) is 33.3 Å². The van der Waals surface area contributed by atoms with Gasteiger partial charge < -0.3 is 16.4 Å². The van der Waals surface area contributed by atoms with Crippen LogP contribution in [0.25, 0.3) is 10.8 Å². The highest BCUT2D eigenvalue weighted by atomic mass is 32.1. The van der Waals surface area contributed by atoms with E-state index >= 15 is 0 Å². The van der Waals surface area contributed by atoms with Crippen molar-refractivity contribution in [3.05, 3.63) is 108 Å². The molecule has 2 amide bonds. The van der Waals surface area contributed by atoms with E-state index < -0.39 is 5.91 Å². The predicted molar refractivity (Wildman–Crippen MR) is 148 cm³/mol. The molecule has 0 saturated heterocycles. The van der Waals surface area contributed by atoms with Crippen molar-refractivity contribution in [2.45, 2.75) is 13.5 Å². The highest BCUT2D eigenvalue weighted by Crippen LogP contribution is 2.31. The third kappa shape index (κ3) is 6.31. The van der Waals surface area contributed by atoms with Gasteiger partial charge in [0.25, 0.3) is 11.8 Å². The molecule has 0 spiro atoms. The lowest BCUT2D eigenvalue weighted by molar-refractivity contribution is 0.0997. The van der Waals surface area contributed by atoms with E-state index in [1.165, 1.54) is 0 Å². The summed E-state index contributed by atoms with van der Waals surface area (Å²) in [6.07, 6.45) is 9.36. The second-order valence-corrected chi connectivity index (χ2v) is 8.80. The Morgan fingerprint density at radius 2 is 1.78 bits per heavy atom. The minimum atomic E-state index is -0.718. The van der Waals surface area contributed by atoms with Crippen LogP contribution in [0, 0.1) is 0 Å². The summed E-state index contributed by atoms with van der Waals surface area (Å²) >= 11 is 1.15. The number of amides is 2. The van der Waals surface area contributed by atoms with E-state index in [1.807, 2.05) is 85.8 Å². The number of aliphatic imine (C=N–C) groups is 1. The quantitative estimate of drug-likeness (QED) is 0.193. The number of hydrogen-bond acceptors (Lipinski definition) is 6. The van der Waals surface area contributed by atoms with Crippen LogP contribution in [0.2, 0.25) is 0 Å². The molecule has 4 aromatic rings. The Morgan fingerprint density at radius 1 is 1.00 bits per heavy atom. The molecule has 0 saturated carbocycles. The Bertz CT molecular complexity index is 1470. The van der Waals surface area contributed by atoms with Gasteiger partial charge in [-0.05, 0) is 53.6 Å². The zero-order valence-electron chi connectivity index (χ0n) is 19.6. The summed E-state index contributed by atoms with van der Waals surface area (Å²) in [5.41, 5.74) is 7.76. The third-order valence-electron chi connectivity index (χ3n) is 5.18. The minimum absolute atomic E-state index is 0.00793. The summed E-state index contributed by atoms with van der Waals surface area (Å²) < 4.78 is 0. The van der Waals surface area contributed by atoms with Crippen molar-refractivity contribution in [2.24, 2.45) is 10.7 Å². The lowest BCUT2D eigenvalue weighted by Gasteiger charge is -2.05. The van der Waals surface area contributed by atoms with Gasteiger partial charge in [0.1, 0.15) is 5.00 Å². The van der Waals surface area contributed by atoms with Crippen molar-refractivity contribution in [1.82, 2.24) is 4.98 Å². The number of nitrogens with one attached hydrogen (secondary N) is 2. The normalized spacial score (nSPS) is 11.6. The number of carbonyl (C=O) groups is 2. The first-order valence-corrected chi connectivity index (χ1v) is 12.1. The summed E-state index contributed by atoms with van der Waals surface area (Å²) in [5, 5.41) is 8.89. The largest absolute Gasteiger partial charge is 0.364 e. The number of anilines is 3. The monoisotopic (exact) mass is 495 g/mol. The molecule has 0 fully saturated rings. The molecule has 4 N–H and O–H groups in total. The molecule has 0 unspecified atom stereocenters. The van der Waals surface area contributed by atoms with Gasteiger partial charge in [-0.3, -0.25) is 14.6 Å². The fraction of sp³-hybridized carbons (Fsp3) is 0.0714. The van der Waals surface area contributed by atoms with E-state index in [-0.39, 0.29) is 16.6 Å². The first kappa shape index (κ1) is 24.6. The summed E-state index contributed by atoms with van der Waals surface area (Å²) in [5.74, 6) is -1.08. The molecule has 36 heavy (non-hydrogen) atoms. The molecule has 3 aromatic carbocycles. The van der Waals surface area contributed by atoms with Crippen LogP contribution in [-0.2, 0) is 6.54 Å². The molecule has 1 aromatic heterocycles. The van der Waals surface area contributed by atoms with E-state index in [2.05, 4.69) is 20.6 Å². The number of hydrogen-bond donors (Lipinski definition) is 3. The summed E-state index contributed by atoms with van der Waals surface area (Å²) in [6, 6.07) is 21.0.